The van der Waals surface area contributed by atoms with E-state index in [0.717, 1.165) is 13.6 Å². The Bertz CT molecular complexity index is 692. The van der Waals surface area contributed by atoms with Gasteiger partial charge in [0, 0.05) is 9.50 Å². The van der Waals surface area contributed by atoms with Crippen LogP contribution < -0.4 is 10.2 Å². The van der Waals surface area contributed by atoms with Gasteiger partial charge in [0.2, 0.25) is 0 Å². The van der Waals surface area contributed by atoms with Gasteiger partial charge >= 0.3 is 0 Å². The number of hydrogen-bond donors (Lipinski definition) is 1. The summed E-state index contributed by atoms with van der Waals surface area (Å²) in [7, 11) is 0. The fraction of sp³-hybridized carbons (Fsp3) is 0.0667. The van der Waals surface area contributed by atoms with Crippen LogP contribution in [0.15, 0.2) is 52.0 Å². The van der Waals surface area contributed by atoms with E-state index in [4.69, 9.17) is 16.3 Å². The Kier molecular flexibility index (Phi) is 6.66. The summed E-state index contributed by atoms with van der Waals surface area (Å²) in [6.45, 7) is -0.116. The lowest BCUT2D eigenvalue weighted by atomic mass is 10.2. The molecule has 0 radical (unpaired) electrons. The number of hydrazone groups is 1. The van der Waals surface area contributed by atoms with E-state index in [0.29, 0.717) is 10.8 Å². The van der Waals surface area contributed by atoms with Gasteiger partial charge in [0.15, 0.2) is 6.61 Å². The third-order valence-corrected chi connectivity index (χ3v) is 4.13. The molecule has 2 rings (SSSR count). The van der Waals surface area contributed by atoms with E-state index in [9.17, 15) is 4.79 Å². The van der Waals surface area contributed by atoms with Crippen LogP contribution in [0.2, 0.25) is 5.02 Å². The summed E-state index contributed by atoms with van der Waals surface area (Å²) in [6.07, 6.45) is 1.57. The van der Waals surface area contributed by atoms with Crippen LogP contribution in [0.4, 0.5) is 0 Å². The van der Waals surface area contributed by atoms with Crippen LogP contribution in [-0.2, 0) is 4.79 Å². The van der Waals surface area contributed by atoms with Crippen LogP contribution in [0.5, 0.6) is 5.75 Å². The van der Waals surface area contributed by atoms with E-state index in [1.165, 1.54) is 0 Å². The lowest BCUT2D eigenvalue weighted by Gasteiger charge is -2.07. The molecule has 0 aliphatic carbocycles. The topological polar surface area (TPSA) is 50.7 Å². The Labute approximate surface area is 155 Å². The molecule has 0 aromatic heterocycles. The highest BCUT2D eigenvalue weighted by Gasteiger charge is 2.05. The van der Waals surface area contributed by atoms with Crippen LogP contribution in [0.25, 0.3) is 0 Å². The van der Waals surface area contributed by atoms with Crippen molar-refractivity contribution in [3.8, 4) is 5.75 Å². The average molecular weight is 494 g/mol. The maximum atomic E-state index is 11.7. The van der Waals surface area contributed by atoms with Crippen LogP contribution >= 0.6 is 50.1 Å². The van der Waals surface area contributed by atoms with E-state index < -0.39 is 0 Å². The molecule has 0 unspecified atom stereocenters. The van der Waals surface area contributed by atoms with Gasteiger partial charge in [-0.2, -0.15) is 5.10 Å². The summed E-state index contributed by atoms with van der Waals surface area (Å²) < 4.78 is 7.24. The molecule has 1 amide bonds. The third kappa shape index (κ3) is 5.58. The molecule has 0 saturated carbocycles. The largest absolute Gasteiger partial charge is 0.483 e. The first-order valence-electron chi connectivity index (χ1n) is 6.20. The first kappa shape index (κ1) is 17.2. The van der Waals surface area contributed by atoms with Crippen molar-refractivity contribution in [2.75, 3.05) is 6.61 Å². The van der Waals surface area contributed by atoms with Crippen LogP contribution in [0.1, 0.15) is 5.56 Å². The summed E-state index contributed by atoms with van der Waals surface area (Å²) in [5.41, 5.74) is 3.30. The van der Waals surface area contributed by atoms with Gasteiger partial charge in [-0.1, -0.05) is 39.7 Å². The highest BCUT2D eigenvalue weighted by Crippen LogP contribution is 2.24. The molecule has 2 aromatic rings. The second kappa shape index (κ2) is 8.50. The fourth-order valence-electron chi connectivity index (χ4n) is 1.50. The van der Waals surface area contributed by atoms with E-state index in [2.05, 4.69) is 49.0 Å². The fourth-order valence-corrected chi connectivity index (χ4v) is 2.79. The maximum absolute atomic E-state index is 11.7. The summed E-state index contributed by atoms with van der Waals surface area (Å²) in [5, 5.41) is 4.50. The van der Waals surface area contributed by atoms with Gasteiger partial charge in [-0.3, -0.25) is 4.79 Å². The summed E-state index contributed by atoms with van der Waals surface area (Å²) >= 11 is 11.3. The first-order valence-corrected chi connectivity index (χ1v) is 8.45. The summed E-state index contributed by atoms with van der Waals surface area (Å²) in [4.78, 5) is 11.7. The zero-order chi connectivity index (χ0) is 15.9. The van der Waals surface area contributed by atoms with E-state index >= 15 is 0 Å². The molecule has 114 valence electrons. The number of nitrogens with one attached hydrogen (secondary N) is 1. The minimum atomic E-state index is -0.334. The van der Waals surface area contributed by atoms with Crippen molar-refractivity contribution in [3.63, 3.8) is 0 Å². The van der Waals surface area contributed by atoms with Gasteiger partial charge in [-0.25, -0.2) is 5.43 Å². The van der Waals surface area contributed by atoms with Gasteiger partial charge < -0.3 is 4.74 Å². The monoisotopic (exact) mass is 492 g/mol. The number of nitrogens with zero attached hydrogens (tertiary/aromatic N) is 1. The molecule has 1 N–H and O–H groups in total. The predicted molar refractivity (Wildman–Crippen MR) is 99.5 cm³/mol. The minimum absolute atomic E-state index is 0.116. The number of halogens is 3. The molecular weight excluding hydrogens is 482 g/mol. The first-order chi connectivity index (χ1) is 10.5. The zero-order valence-corrected chi connectivity index (χ0v) is 15.7. The van der Waals surface area contributed by atoms with Gasteiger partial charge in [0.25, 0.3) is 5.91 Å². The van der Waals surface area contributed by atoms with Crippen molar-refractivity contribution in [2.45, 2.75) is 0 Å². The number of carbonyl (C=O) groups excluding carboxylic acids is 1. The van der Waals surface area contributed by atoms with Crippen molar-refractivity contribution in [2.24, 2.45) is 5.10 Å². The SMILES string of the molecule is O=C(COc1ccc(Cl)cc1I)NN=Cc1ccc(Br)cc1. The quantitative estimate of drug-likeness (QED) is 0.385. The number of benzene rings is 2. The molecule has 7 heteroatoms. The minimum Gasteiger partial charge on any atom is -0.483 e. The molecule has 22 heavy (non-hydrogen) atoms. The molecule has 0 aliphatic rings. The lowest BCUT2D eigenvalue weighted by molar-refractivity contribution is -0.123. The highest BCUT2D eigenvalue weighted by atomic mass is 127. The summed E-state index contributed by atoms with van der Waals surface area (Å²) in [6, 6.07) is 12.8. The number of hydrogen-bond acceptors (Lipinski definition) is 3. The Balaban J connectivity index is 1.81. The number of carbonyl (C=O) groups is 1. The Morgan fingerprint density at radius 3 is 2.73 bits per heavy atom. The van der Waals surface area contributed by atoms with E-state index in [1.807, 2.05) is 24.3 Å². The van der Waals surface area contributed by atoms with Gasteiger partial charge in [0.1, 0.15) is 5.75 Å². The molecule has 0 atom stereocenters. The number of amides is 1. The lowest BCUT2D eigenvalue weighted by Crippen LogP contribution is -2.24. The molecule has 2 aromatic carbocycles. The van der Waals surface area contributed by atoms with E-state index in [1.54, 1.807) is 24.4 Å². The molecule has 0 spiro atoms. The van der Waals surface area contributed by atoms with Crippen molar-refractivity contribution < 1.29 is 9.53 Å². The smallest absolute Gasteiger partial charge is 0.277 e. The normalized spacial score (nSPS) is 10.7. The average Bonchev–Trinajstić information content (AvgIpc) is 2.48. The van der Waals surface area contributed by atoms with E-state index in [-0.39, 0.29) is 12.5 Å². The van der Waals surface area contributed by atoms with Gasteiger partial charge in [-0.05, 0) is 58.5 Å². The molecule has 0 saturated heterocycles. The number of rotatable bonds is 5. The van der Waals surface area contributed by atoms with Crippen molar-refractivity contribution >= 4 is 62.2 Å². The highest BCUT2D eigenvalue weighted by molar-refractivity contribution is 14.1. The van der Waals surface area contributed by atoms with Crippen molar-refractivity contribution in [1.82, 2.24) is 5.43 Å². The van der Waals surface area contributed by atoms with Crippen LogP contribution in [0, 0.1) is 3.57 Å². The Morgan fingerprint density at radius 1 is 1.32 bits per heavy atom. The maximum Gasteiger partial charge on any atom is 0.277 e. The van der Waals surface area contributed by atoms with Crippen LogP contribution in [-0.4, -0.2) is 18.7 Å². The van der Waals surface area contributed by atoms with Gasteiger partial charge in [0.05, 0.1) is 9.78 Å². The van der Waals surface area contributed by atoms with Crippen molar-refractivity contribution in [1.29, 1.82) is 0 Å². The third-order valence-electron chi connectivity index (χ3n) is 2.53. The molecule has 0 bridgehead atoms. The van der Waals surface area contributed by atoms with Crippen molar-refractivity contribution in [3.05, 3.63) is 61.1 Å². The second-order valence-corrected chi connectivity index (χ2v) is 6.72. The molecule has 0 aliphatic heterocycles. The zero-order valence-electron chi connectivity index (χ0n) is 11.2. The number of ether oxygens (including phenoxy) is 1. The standard InChI is InChI=1S/C15H11BrClIN2O2/c16-11-3-1-10(2-4-11)8-19-20-15(21)9-22-14-6-5-12(17)7-13(14)18/h1-8H,9H2,(H,20,21). The molecular formula is C15H11BrClIN2O2. The van der Waals surface area contributed by atoms with Gasteiger partial charge in [-0.15, -0.1) is 0 Å². The molecule has 0 heterocycles. The molecule has 0 fully saturated rings. The second-order valence-electron chi connectivity index (χ2n) is 4.21. The predicted octanol–water partition coefficient (Wildman–Crippen LogP) is 4.24. The molecule has 4 nitrogen and oxygen atoms in total. The van der Waals surface area contributed by atoms with Crippen LogP contribution in [0.3, 0.4) is 0 Å². The Hall–Kier alpha value is -1.12. The Morgan fingerprint density at radius 2 is 2.05 bits per heavy atom. The summed E-state index contributed by atoms with van der Waals surface area (Å²) in [5.74, 6) is 0.274.